The highest BCUT2D eigenvalue weighted by molar-refractivity contribution is 4.80. The summed E-state index contributed by atoms with van der Waals surface area (Å²) in [7, 11) is 0. The van der Waals surface area contributed by atoms with Crippen LogP contribution in [0.4, 0.5) is 0 Å². The number of nitrogens with one attached hydrogen (secondary N) is 1. The molecule has 1 saturated heterocycles. The summed E-state index contributed by atoms with van der Waals surface area (Å²) < 4.78 is 5.77. The number of ether oxygens (including phenoxy) is 1. The van der Waals surface area contributed by atoms with Crippen LogP contribution in [0.2, 0.25) is 0 Å². The molecule has 0 saturated carbocycles. The third-order valence-corrected chi connectivity index (χ3v) is 4.22. The zero-order valence-electron chi connectivity index (χ0n) is 13.8. The van der Waals surface area contributed by atoms with Crippen LogP contribution in [0.5, 0.6) is 0 Å². The molecule has 3 nitrogen and oxygen atoms in total. The third kappa shape index (κ3) is 6.24. The van der Waals surface area contributed by atoms with Crippen LogP contribution in [0.3, 0.4) is 0 Å². The first kappa shape index (κ1) is 16.9. The van der Waals surface area contributed by atoms with E-state index in [4.69, 9.17) is 4.74 Å². The Hall–Kier alpha value is -0.120. The largest absolute Gasteiger partial charge is 0.377 e. The Kier molecular flexibility index (Phi) is 6.78. The van der Waals surface area contributed by atoms with Gasteiger partial charge < -0.3 is 10.1 Å². The summed E-state index contributed by atoms with van der Waals surface area (Å²) >= 11 is 0. The monoisotopic (exact) mass is 270 g/mol. The maximum Gasteiger partial charge on any atom is 0.0702 e. The molecular formula is C16H34N2O. The van der Waals surface area contributed by atoms with E-state index in [1.165, 1.54) is 12.8 Å². The lowest BCUT2D eigenvalue weighted by molar-refractivity contribution is 0.0511. The van der Waals surface area contributed by atoms with Gasteiger partial charge in [0.15, 0.2) is 0 Å². The molecule has 1 aliphatic rings. The van der Waals surface area contributed by atoms with Gasteiger partial charge in [-0.15, -0.1) is 0 Å². The summed E-state index contributed by atoms with van der Waals surface area (Å²) in [5, 5.41) is 3.62. The van der Waals surface area contributed by atoms with E-state index in [1.54, 1.807) is 0 Å². The second-order valence-electron chi connectivity index (χ2n) is 7.07. The van der Waals surface area contributed by atoms with Gasteiger partial charge in [0.1, 0.15) is 0 Å². The van der Waals surface area contributed by atoms with E-state index < -0.39 is 0 Å². The van der Waals surface area contributed by atoms with Crippen LogP contribution in [0, 0.1) is 5.92 Å². The Morgan fingerprint density at radius 3 is 2.47 bits per heavy atom. The van der Waals surface area contributed by atoms with Crippen molar-refractivity contribution in [1.82, 2.24) is 10.2 Å². The van der Waals surface area contributed by atoms with Crippen LogP contribution in [-0.4, -0.2) is 48.8 Å². The molecule has 114 valence electrons. The highest BCUT2D eigenvalue weighted by Crippen LogP contribution is 2.17. The molecule has 3 atom stereocenters. The zero-order valence-corrected chi connectivity index (χ0v) is 13.8. The summed E-state index contributed by atoms with van der Waals surface area (Å²) in [6.07, 6.45) is 2.93. The average molecular weight is 270 g/mol. The van der Waals surface area contributed by atoms with Crippen molar-refractivity contribution in [3.8, 4) is 0 Å². The van der Waals surface area contributed by atoms with Crippen LogP contribution in [0.15, 0.2) is 0 Å². The minimum atomic E-state index is 0.208. The van der Waals surface area contributed by atoms with E-state index in [1.807, 2.05) is 0 Å². The van der Waals surface area contributed by atoms with Crippen LogP contribution < -0.4 is 5.32 Å². The molecule has 1 rings (SSSR count). The molecule has 3 unspecified atom stereocenters. The first-order valence-electron chi connectivity index (χ1n) is 7.94. The second-order valence-corrected chi connectivity index (χ2v) is 7.07. The highest BCUT2D eigenvalue weighted by Gasteiger charge is 2.25. The Morgan fingerprint density at radius 1 is 1.32 bits per heavy atom. The van der Waals surface area contributed by atoms with Crippen molar-refractivity contribution in [1.29, 1.82) is 0 Å². The van der Waals surface area contributed by atoms with Gasteiger partial charge in [0.05, 0.1) is 6.10 Å². The Morgan fingerprint density at radius 2 is 2.00 bits per heavy atom. The molecule has 19 heavy (non-hydrogen) atoms. The fraction of sp³-hybridized carbons (Fsp3) is 1.00. The van der Waals surface area contributed by atoms with Crippen molar-refractivity contribution < 1.29 is 4.74 Å². The van der Waals surface area contributed by atoms with Gasteiger partial charge in [-0.2, -0.15) is 0 Å². The average Bonchev–Trinajstić information content (AvgIpc) is 2.84. The molecule has 0 radical (unpaired) electrons. The minimum absolute atomic E-state index is 0.208. The standard InChI is InChI=1S/C16H34N2O/c1-7-18(12-15-9-8-10-19-15)14(3)13(2)11-17-16(4,5)6/h13-15,17H,7-12H2,1-6H3. The molecule has 1 aliphatic heterocycles. The van der Waals surface area contributed by atoms with Crippen molar-refractivity contribution >= 4 is 0 Å². The smallest absolute Gasteiger partial charge is 0.0702 e. The molecule has 3 heteroatoms. The SMILES string of the molecule is CCN(CC1CCCO1)C(C)C(C)CNC(C)(C)C. The lowest BCUT2D eigenvalue weighted by atomic mass is 9.99. The van der Waals surface area contributed by atoms with E-state index in [0.29, 0.717) is 18.1 Å². The molecule has 1 N–H and O–H groups in total. The third-order valence-electron chi connectivity index (χ3n) is 4.22. The molecule has 1 fully saturated rings. The van der Waals surface area contributed by atoms with Gasteiger partial charge >= 0.3 is 0 Å². The number of rotatable bonds is 7. The lowest BCUT2D eigenvalue weighted by Gasteiger charge is -2.35. The van der Waals surface area contributed by atoms with E-state index >= 15 is 0 Å². The van der Waals surface area contributed by atoms with Crippen molar-refractivity contribution in [3.63, 3.8) is 0 Å². The van der Waals surface area contributed by atoms with Crippen molar-refractivity contribution in [3.05, 3.63) is 0 Å². The summed E-state index contributed by atoms with van der Waals surface area (Å²) in [4.78, 5) is 2.57. The van der Waals surface area contributed by atoms with Crippen LogP contribution >= 0.6 is 0 Å². The number of nitrogens with zero attached hydrogens (tertiary/aromatic N) is 1. The van der Waals surface area contributed by atoms with Crippen LogP contribution in [0.1, 0.15) is 54.4 Å². The van der Waals surface area contributed by atoms with Gasteiger partial charge in [-0.05, 0) is 59.5 Å². The molecule has 0 bridgehead atoms. The Labute approximate surface area is 120 Å². The second kappa shape index (κ2) is 7.61. The van der Waals surface area contributed by atoms with Crippen molar-refractivity contribution in [2.45, 2.75) is 72.1 Å². The van der Waals surface area contributed by atoms with Gasteiger partial charge in [-0.3, -0.25) is 4.90 Å². The van der Waals surface area contributed by atoms with Gasteiger partial charge in [0.2, 0.25) is 0 Å². The van der Waals surface area contributed by atoms with E-state index in [-0.39, 0.29) is 5.54 Å². The predicted molar refractivity (Wildman–Crippen MR) is 82.6 cm³/mol. The zero-order chi connectivity index (χ0) is 14.5. The van der Waals surface area contributed by atoms with Crippen LogP contribution in [-0.2, 0) is 4.74 Å². The van der Waals surface area contributed by atoms with Crippen molar-refractivity contribution in [2.24, 2.45) is 5.92 Å². The molecule has 0 amide bonds. The van der Waals surface area contributed by atoms with E-state index in [2.05, 4.69) is 51.8 Å². The normalized spacial score (nSPS) is 23.8. The van der Waals surface area contributed by atoms with E-state index in [9.17, 15) is 0 Å². The molecule has 0 aliphatic carbocycles. The summed E-state index contributed by atoms with van der Waals surface area (Å²) in [5.41, 5.74) is 0.208. The van der Waals surface area contributed by atoms with E-state index in [0.717, 1.165) is 26.2 Å². The van der Waals surface area contributed by atoms with Gasteiger partial charge in [0.25, 0.3) is 0 Å². The number of hydrogen-bond donors (Lipinski definition) is 1. The lowest BCUT2D eigenvalue weighted by Crippen LogP contribution is -2.47. The Bertz CT molecular complexity index is 244. The first-order valence-corrected chi connectivity index (χ1v) is 7.94. The number of hydrogen-bond acceptors (Lipinski definition) is 3. The highest BCUT2D eigenvalue weighted by atomic mass is 16.5. The molecule has 0 aromatic rings. The minimum Gasteiger partial charge on any atom is -0.377 e. The Balaban J connectivity index is 2.40. The maximum atomic E-state index is 5.77. The first-order chi connectivity index (χ1) is 8.83. The van der Waals surface area contributed by atoms with Gasteiger partial charge in [-0.25, -0.2) is 0 Å². The maximum absolute atomic E-state index is 5.77. The summed E-state index contributed by atoms with van der Waals surface area (Å²) in [5.74, 6) is 0.653. The topological polar surface area (TPSA) is 24.5 Å². The van der Waals surface area contributed by atoms with Crippen LogP contribution in [0.25, 0.3) is 0 Å². The molecule has 1 heterocycles. The van der Waals surface area contributed by atoms with Gasteiger partial charge in [0, 0.05) is 24.7 Å². The van der Waals surface area contributed by atoms with Crippen molar-refractivity contribution in [2.75, 3.05) is 26.2 Å². The number of likely N-dealkylation sites (N-methyl/N-ethyl adjacent to an activating group) is 1. The fourth-order valence-corrected chi connectivity index (χ4v) is 2.63. The fourth-order valence-electron chi connectivity index (χ4n) is 2.63. The summed E-state index contributed by atoms with van der Waals surface area (Å²) in [6.45, 7) is 17.9. The molecular weight excluding hydrogens is 236 g/mol. The quantitative estimate of drug-likeness (QED) is 0.770. The molecule has 0 spiro atoms. The summed E-state index contributed by atoms with van der Waals surface area (Å²) in [6, 6.07) is 0.601. The predicted octanol–water partition coefficient (Wildman–Crippen LogP) is 2.90. The molecule has 0 aromatic carbocycles. The van der Waals surface area contributed by atoms with Gasteiger partial charge in [-0.1, -0.05) is 13.8 Å². The molecule has 0 aromatic heterocycles.